The van der Waals surface area contributed by atoms with Crippen molar-refractivity contribution in [3.05, 3.63) is 23.8 Å². The van der Waals surface area contributed by atoms with Gasteiger partial charge in [-0.1, -0.05) is 6.07 Å². The smallest absolute Gasteiger partial charge is 0.407 e. The molecule has 170 valence electrons. The van der Waals surface area contributed by atoms with Crippen LogP contribution in [-0.2, 0) is 11.3 Å². The standard InChI is InChI=1S/C23H40N4O3/c1-23(2,3)30-22(28)24-18-11-13-27(14-12-18)17-19-20(9-8-10-21(19)29-7)26(6)16-15-25(4)5/h8-10,18H,11-17H2,1-7H3,(H,24,28). The van der Waals surface area contributed by atoms with Gasteiger partial charge in [-0.2, -0.15) is 0 Å². The predicted octanol–water partition coefficient (Wildman–Crippen LogP) is 3.18. The van der Waals surface area contributed by atoms with Crippen molar-refractivity contribution < 1.29 is 14.3 Å². The maximum absolute atomic E-state index is 12.0. The molecule has 1 heterocycles. The number of benzene rings is 1. The first-order chi connectivity index (χ1) is 14.1. The van der Waals surface area contributed by atoms with E-state index < -0.39 is 5.60 Å². The Labute approximate surface area is 182 Å². The fourth-order valence-corrected chi connectivity index (χ4v) is 3.67. The molecule has 1 aliphatic rings. The van der Waals surface area contributed by atoms with Crippen molar-refractivity contribution in [2.24, 2.45) is 0 Å². The number of likely N-dealkylation sites (N-methyl/N-ethyl adjacent to an activating group) is 2. The maximum Gasteiger partial charge on any atom is 0.407 e. The number of ether oxygens (including phenoxy) is 2. The molecule has 2 rings (SSSR count). The van der Waals surface area contributed by atoms with E-state index in [2.05, 4.69) is 53.3 Å². The molecule has 1 saturated heterocycles. The first kappa shape index (κ1) is 24.3. The van der Waals surface area contributed by atoms with Crippen molar-refractivity contribution in [2.45, 2.75) is 51.8 Å². The lowest BCUT2D eigenvalue weighted by Crippen LogP contribution is -2.46. The number of likely N-dealkylation sites (tertiary alicyclic amines) is 1. The van der Waals surface area contributed by atoms with E-state index in [4.69, 9.17) is 9.47 Å². The van der Waals surface area contributed by atoms with E-state index in [1.165, 1.54) is 11.3 Å². The molecular formula is C23H40N4O3. The average molecular weight is 421 g/mol. The third kappa shape index (κ3) is 7.69. The minimum atomic E-state index is -0.469. The molecular weight excluding hydrogens is 380 g/mol. The molecule has 0 aliphatic carbocycles. The summed E-state index contributed by atoms with van der Waals surface area (Å²) in [5.41, 5.74) is 1.97. The van der Waals surface area contributed by atoms with Crippen LogP contribution in [0.2, 0.25) is 0 Å². The molecule has 1 aliphatic heterocycles. The first-order valence-corrected chi connectivity index (χ1v) is 10.8. The topological polar surface area (TPSA) is 57.3 Å². The second-order valence-corrected chi connectivity index (χ2v) is 9.38. The monoisotopic (exact) mass is 420 g/mol. The van der Waals surface area contributed by atoms with E-state index in [0.717, 1.165) is 51.3 Å². The molecule has 0 saturated carbocycles. The van der Waals surface area contributed by atoms with Gasteiger partial charge in [-0.05, 0) is 59.8 Å². The van der Waals surface area contributed by atoms with Crippen molar-refractivity contribution in [3.8, 4) is 5.75 Å². The number of rotatable bonds is 8. The molecule has 7 heteroatoms. The number of methoxy groups -OCH3 is 1. The largest absolute Gasteiger partial charge is 0.496 e. The molecule has 1 fully saturated rings. The van der Waals surface area contributed by atoms with E-state index in [9.17, 15) is 4.79 Å². The molecule has 0 bridgehead atoms. The van der Waals surface area contributed by atoms with Crippen LogP contribution in [0.1, 0.15) is 39.2 Å². The highest BCUT2D eigenvalue weighted by Gasteiger charge is 2.25. The number of hydrogen-bond acceptors (Lipinski definition) is 6. The number of hydrogen-bond donors (Lipinski definition) is 1. The quantitative estimate of drug-likeness (QED) is 0.697. The van der Waals surface area contributed by atoms with Gasteiger partial charge in [0.2, 0.25) is 0 Å². The van der Waals surface area contributed by atoms with Crippen LogP contribution >= 0.6 is 0 Å². The zero-order valence-electron chi connectivity index (χ0n) is 19.8. The Kier molecular flexibility index (Phi) is 8.79. The van der Waals surface area contributed by atoms with Gasteiger partial charge in [-0.3, -0.25) is 4.90 Å². The number of nitrogens with one attached hydrogen (secondary N) is 1. The van der Waals surface area contributed by atoms with Gasteiger partial charge in [-0.15, -0.1) is 0 Å². The summed E-state index contributed by atoms with van der Waals surface area (Å²) in [6.07, 6.45) is 1.51. The van der Waals surface area contributed by atoms with Crippen molar-refractivity contribution in [3.63, 3.8) is 0 Å². The van der Waals surface area contributed by atoms with Crippen LogP contribution in [0.3, 0.4) is 0 Å². The van der Waals surface area contributed by atoms with E-state index in [-0.39, 0.29) is 12.1 Å². The van der Waals surface area contributed by atoms with Crippen molar-refractivity contribution in [2.75, 3.05) is 59.3 Å². The van der Waals surface area contributed by atoms with Crippen molar-refractivity contribution >= 4 is 11.8 Å². The van der Waals surface area contributed by atoms with Crippen molar-refractivity contribution in [1.82, 2.24) is 15.1 Å². The van der Waals surface area contributed by atoms with E-state index in [1.807, 2.05) is 26.8 Å². The van der Waals surface area contributed by atoms with Gasteiger partial charge in [0.15, 0.2) is 0 Å². The number of piperidine rings is 1. The van der Waals surface area contributed by atoms with Crippen LogP contribution in [0.5, 0.6) is 5.75 Å². The zero-order chi connectivity index (χ0) is 22.3. The highest BCUT2D eigenvalue weighted by Crippen LogP contribution is 2.31. The Bertz CT molecular complexity index is 680. The fourth-order valence-electron chi connectivity index (χ4n) is 3.67. The lowest BCUT2D eigenvalue weighted by Gasteiger charge is -2.34. The van der Waals surface area contributed by atoms with Crippen LogP contribution in [0.25, 0.3) is 0 Å². The third-order valence-electron chi connectivity index (χ3n) is 5.31. The number of amides is 1. The van der Waals surface area contributed by atoms with Gasteiger partial charge in [0.1, 0.15) is 11.4 Å². The third-order valence-corrected chi connectivity index (χ3v) is 5.31. The minimum Gasteiger partial charge on any atom is -0.496 e. The van der Waals surface area contributed by atoms with Gasteiger partial charge in [0.25, 0.3) is 0 Å². The summed E-state index contributed by atoms with van der Waals surface area (Å²) < 4.78 is 11.1. The SMILES string of the molecule is COc1cccc(N(C)CCN(C)C)c1CN1CCC(NC(=O)OC(C)(C)C)CC1. The molecule has 0 spiro atoms. The Hall–Kier alpha value is -1.99. The van der Waals surface area contributed by atoms with Gasteiger partial charge in [0, 0.05) is 57.1 Å². The predicted molar refractivity (Wildman–Crippen MR) is 122 cm³/mol. The van der Waals surface area contributed by atoms with E-state index in [0.29, 0.717) is 0 Å². The van der Waals surface area contributed by atoms with Crippen LogP contribution in [0.15, 0.2) is 18.2 Å². The molecule has 1 amide bonds. The second-order valence-electron chi connectivity index (χ2n) is 9.38. The Balaban J connectivity index is 1.97. The summed E-state index contributed by atoms with van der Waals surface area (Å²) in [4.78, 5) is 19.0. The Morgan fingerprint density at radius 2 is 1.83 bits per heavy atom. The molecule has 1 aromatic rings. The fraction of sp³-hybridized carbons (Fsp3) is 0.696. The zero-order valence-corrected chi connectivity index (χ0v) is 19.8. The normalized spacial score (nSPS) is 15.9. The number of nitrogens with zero attached hydrogens (tertiary/aromatic N) is 3. The Morgan fingerprint density at radius 1 is 1.17 bits per heavy atom. The van der Waals surface area contributed by atoms with Gasteiger partial charge >= 0.3 is 6.09 Å². The average Bonchev–Trinajstić information content (AvgIpc) is 2.66. The van der Waals surface area contributed by atoms with Crippen LogP contribution in [0, 0.1) is 0 Å². The molecule has 7 nitrogen and oxygen atoms in total. The molecule has 0 aromatic heterocycles. The molecule has 1 aromatic carbocycles. The molecule has 0 unspecified atom stereocenters. The highest BCUT2D eigenvalue weighted by molar-refractivity contribution is 5.68. The summed E-state index contributed by atoms with van der Waals surface area (Å²) >= 11 is 0. The lowest BCUT2D eigenvalue weighted by atomic mass is 10.0. The molecule has 0 radical (unpaired) electrons. The summed E-state index contributed by atoms with van der Waals surface area (Å²) in [5, 5.41) is 3.01. The molecule has 0 atom stereocenters. The minimum absolute atomic E-state index is 0.163. The van der Waals surface area contributed by atoms with Gasteiger partial charge in [0.05, 0.1) is 7.11 Å². The number of carbonyl (C=O) groups is 1. The second kappa shape index (κ2) is 10.9. The summed E-state index contributed by atoms with van der Waals surface area (Å²) in [7, 11) is 8.06. The van der Waals surface area contributed by atoms with Crippen molar-refractivity contribution in [1.29, 1.82) is 0 Å². The van der Waals surface area contributed by atoms with Gasteiger partial charge in [-0.25, -0.2) is 4.79 Å². The summed E-state index contributed by atoms with van der Waals surface area (Å²) in [6.45, 7) is 10.3. The van der Waals surface area contributed by atoms with E-state index in [1.54, 1.807) is 7.11 Å². The highest BCUT2D eigenvalue weighted by atomic mass is 16.6. The van der Waals surface area contributed by atoms with Crippen LogP contribution in [0.4, 0.5) is 10.5 Å². The van der Waals surface area contributed by atoms with E-state index >= 15 is 0 Å². The maximum atomic E-state index is 12.0. The van der Waals surface area contributed by atoms with Gasteiger partial charge < -0.3 is 24.6 Å². The molecule has 30 heavy (non-hydrogen) atoms. The number of anilines is 1. The van der Waals surface area contributed by atoms with Crippen LogP contribution in [-0.4, -0.2) is 82.0 Å². The Morgan fingerprint density at radius 3 is 2.40 bits per heavy atom. The summed E-state index contributed by atoms with van der Waals surface area (Å²) in [6, 6.07) is 6.43. The number of alkyl carbamates (subject to hydrolysis) is 1. The summed E-state index contributed by atoms with van der Waals surface area (Å²) in [5.74, 6) is 0.929. The number of carbonyl (C=O) groups excluding carboxylic acids is 1. The lowest BCUT2D eigenvalue weighted by molar-refractivity contribution is 0.0477. The van der Waals surface area contributed by atoms with Crippen LogP contribution < -0.4 is 15.0 Å². The first-order valence-electron chi connectivity index (χ1n) is 10.8. The molecule has 1 N–H and O–H groups in total.